The van der Waals surface area contributed by atoms with Gasteiger partial charge < -0.3 is 0 Å². The lowest BCUT2D eigenvalue weighted by atomic mass is 10.0. The Kier molecular flexibility index (Phi) is 3.59. The van der Waals surface area contributed by atoms with Crippen LogP contribution in [0.2, 0.25) is 0 Å². The standard InChI is InChI=1S/C12H7Br2NO2/c13-10-7-6-9(8-4-2-1-3-5-8)12(11(10)14)15(16)17/h1-7H. The maximum atomic E-state index is 11.1. The number of rotatable bonds is 2. The van der Waals surface area contributed by atoms with Crippen molar-refractivity contribution in [2.24, 2.45) is 0 Å². The second-order valence-electron chi connectivity index (χ2n) is 3.38. The number of benzene rings is 2. The van der Waals surface area contributed by atoms with Crippen molar-refractivity contribution in [1.29, 1.82) is 0 Å². The fraction of sp³-hybridized carbons (Fsp3) is 0. The van der Waals surface area contributed by atoms with Crippen molar-refractivity contribution in [3.8, 4) is 11.1 Å². The summed E-state index contributed by atoms with van der Waals surface area (Å²) in [5.41, 5.74) is 1.50. The van der Waals surface area contributed by atoms with E-state index in [2.05, 4.69) is 31.9 Å². The average molecular weight is 357 g/mol. The summed E-state index contributed by atoms with van der Waals surface area (Å²) in [4.78, 5) is 10.7. The van der Waals surface area contributed by atoms with Crippen LogP contribution in [-0.2, 0) is 0 Å². The lowest BCUT2D eigenvalue weighted by molar-refractivity contribution is -0.385. The van der Waals surface area contributed by atoms with Crippen LogP contribution in [0, 0.1) is 10.1 Å². The molecule has 0 heterocycles. The van der Waals surface area contributed by atoms with Crippen molar-refractivity contribution in [2.75, 3.05) is 0 Å². The first-order valence-electron chi connectivity index (χ1n) is 4.79. The first-order chi connectivity index (χ1) is 8.11. The molecule has 0 aliphatic carbocycles. The third-order valence-electron chi connectivity index (χ3n) is 2.34. The summed E-state index contributed by atoms with van der Waals surface area (Å²) in [5, 5.41) is 11.1. The summed E-state index contributed by atoms with van der Waals surface area (Å²) in [7, 11) is 0. The van der Waals surface area contributed by atoms with Gasteiger partial charge in [-0.25, -0.2) is 0 Å². The molecule has 2 aromatic rings. The summed E-state index contributed by atoms with van der Waals surface area (Å²) in [5.74, 6) is 0. The maximum Gasteiger partial charge on any atom is 0.292 e. The lowest BCUT2D eigenvalue weighted by Gasteiger charge is -2.06. The van der Waals surface area contributed by atoms with Gasteiger partial charge in [-0.1, -0.05) is 30.3 Å². The first-order valence-corrected chi connectivity index (χ1v) is 6.37. The van der Waals surface area contributed by atoms with Crippen LogP contribution in [0.3, 0.4) is 0 Å². The Balaban J connectivity index is 2.71. The fourth-order valence-corrected chi connectivity index (χ4v) is 2.38. The van der Waals surface area contributed by atoms with Crippen LogP contribution < -0.4 is 0 Å². The molecule has 0 radical (unpaired) electrons. The summed E-state index contributed by atoms with van der Waals surface area (Å²) in [6.45, 7) is 0. The molecule has 0 bridgehead atoms. The molecule has 17 heavy (non-hydrogen) atoms. The van der Waals surface area contributed by atoms with E-state index in [0.717, 1.165) is 5.56 Å². The van der Waals surface area contributed by atoms with Crippen LogP contribution in [0.15, 0.2) is 51.4 Å². The van der Waals surface area contributed by atoms with Crippen LogP contribution in [-0.4, -0.2) is 4.92 Å². The van der Waals surface area contributed by atoms with Crippen LogP contribution in [0.4, 0.5) is 5.69 Å². The Morgan fingerprint density at radius 1 is 1.00 bits per heavy atom. The number of nitrogens with zero attached hydrogens (tertiary/aromatic N) is 1. The molecule has 2 rings (SSSR count). The molecule has 0 saturated carbocycles. The average Bonchev–Trinajstić information content (AvgIpc) is 2.33. The second-order valence-corrected chi connectivity index (χ2v) is 5.03. The van der Waals surface area contributed by atoms with Crippen molar-refractivity contribution in [3.63, 3.8) is 0 Å². The van der Waals surface area contributed by atoms with Crippen molar-refractivity contribution in [3.05, 3.63) is 61.5 Å². The first kappa shape index (κ1) is 12.3. The van der Waals surface area contributed by atoms with Gasteiger partial charge in [0.2, 0.25) is 0 Å². The molecule has 2 aromatic carbocycles. The van der Waals surface area contributed by atoms with E-state index in [1.165, 1.54) is 0 Å². The third-order valence-corrected chi connectivity index (χ3v) is 4.33. The van der Waals surface area contributed by atoms with E-state index in [9.17, 15) is 10.1 Å². The van der Waals surface area contributed by atoms with Gasteiger partial charge in [-0.3, -0.25) is 10.1 Å². The number of nitro benzene ring substituents is 1. The fourth-order valence-electron chi connectivity index (χ4n) is 1.57. The number of hydrogen-bond acceptors (Lipinski definition) is 2. The van der Waals surface area contributed by atoms with Crippen LogP contribution in [0.1, 0.15) is 0 Å². The van der Waals surface area contributed by atoms with Gasteiger partial charge >= 0.3 is 0 Å². The molecular weight excluding hydrogens is 350 g/mol. The van der Waals surface area contributed by atoms with Crippen LogP contribution >= 0.6 is 31.9 Å². The highest BCUT2D eigenvalue weighted by Gasteiger charge is 2.21. The Bertz CT molecular complexity index is 570. The molecule has 0 N–H and O–H groups in total. The van der Waals surface area contributed by atoms with Gasteiger partial charge in [-0.2, -0.15) is 0 Å². The number of hydrogen-bond donors (Lipinski definition) is 0. The monoisotopic (exact) mass is 355 g/mol. The highest BCUT2D eigenvalue weighted by molar-refractivity contribution is 9.13. The molecule has 5 heteroatoms. The minimum atomic E-state index is -0.378. The predicted octanol–water partition coefficient (Wildman–Crippen LogP) is 4.79. The number of halogens is 2. The van der Waals surface area contributed by atoms with E-state index >= 15 is 0 Å². The normalized spacial score (nSPS) is 10.2. The summed E-state index contributed by atoms with van der Waals surface area (Å²) in [6.07, 6.45) is 0. The molecule has 0 aromatic heterocycles. The van der Waals surface area contributed by atoms with Gasteiger partial charge in [-0.15, -0.1) is 0 Å². The smallest absolute Gasteiger partial charge is 0.258 e. The van der Waals surface area contributed by atoms with Crippen molar-refractivity contribution in [1.82, 2.24) is 0 Å². The molecule has 0 amide bonds. The van der Waals surface area contributed by atoms with Gasteiger partial charge in [0.15, 0.2) is 0 Å². The molecule has 3 nitrogen and oxygen atoms in total. The summed E-state index contributed by atoms with van der Waals surface area (Å²) < 4.78 is 1.13. The third kappa shape index (κ3) is 2.40. The highest BCUT2D eigenvalue weighted by atomic mass is 79.9. The van der Waals surface area contributed by atoms with E-state index < -0.39 is 0 Å². The summed E-state index contributed by atoms with van der Waals surface area (Å²) >= 11 is 6.51. The van der Waals surface area contributed by atoms with Gasteiger partial charge in [-0.05, 0) is 49.6 Å². The van der Waals surface area contributed by atoms with Crippen molar-refractivity contribution in [2.45, 2.75) is 0 Å². The maximum absolute atomic E-state index is 11.1. The van der Waals surface area contributed by atoms with Gasteiger partial charge in [0, 0.05) is 4.47 Å². The minimum absolute atomic E-state index is 0.0746. The zero-order valence-electron chi connectivity index (χ0n) is 8.56. The van der Waals surface area contributed by atoms with E-state index in [1.54, 1.807) is 12.1 Å². The van der Waals surface area contributed by atoms with E-state index in [4.69, 9.17) is 0 Å². The van der Waals surface area contributed by atoms with Crippen LogP contribution in [0.25, 0.3) is 11.1 Å². The summed E-state index contributed by atoms with van der Waals surface area (Å²) in [6, 6.07) is 12.8. The van der Waals surface area contributed by atoms with Crippen molar-refractivity contribution < 1.29 is 4.92 Å². The van der Waals surface area contributed by atoms with Gasteiger partial charge in [0.05, 0.1) is 10.5 Å². The topological polar surface area (TPSA) is 43.1 Å². The molecular formula is C12H7Br2NO2. The zero-order valence-corrected chi connectivity index (χ0v) is 11.7. The Labute approximate surface area is 115 Å². The van der Waals surface area contributed by atoms with Gasteiger partial charge in [0.1, 0.15) is 4.47 Å². The molecule has 0 fully saturated rings. The Morgan fingerprint density at radius 2 is 1.65 bits per heavy atom. The predicted molar refractivity (Wildman–Crippen MR) is 73.9 cm³/mol. The lowest BCUT2D eigenvalue weighted by Crippen LogP contribution is -1.94. The van der Waals surface area contributed by atoms with E-state index in [0.29, 0.717) is 14.5 Å². The quantitative estimate of drug-likeness (QED) is 0.573. The Hall–Kier alpha value is -1.20. The molecule has 86 valence electrons. The Morgan fingerprint density at radius 3 is 2.24 bits per heavy atom. The molecule has 0 aliphatic rings. The zero-order chi connectivity index (χ0) is 12.4. The molecule has 0 aliphatic heterocycles. The molecule has 0 saturated heterocycles. The second kappa shape index (κ2) is 4.98. The number of nitro groups is 1. The largest absolute Gasteiger partial charge is 0.292 e. The molecule has 0 unspecified atom stereocenters. The van der Waals surface area contributed by atoms with E-state index in [-0.39, 0.29) is 10.6 Å². The highest BCUT2D eigenvalue weighted by Crippen LogP contribution is 2.40. The van der Waals surface area contributed by atoms with Crippen molar-refractivity contribution >= 4 is 37.5 Å². The minimum Gasteiger partial charge on any atom is -0.258 e. The van der Waals surface area contributed by atoms with Gasteiger partial charge in [0.25, 0.3) is 5.69 Å². The SMILES string of the molecule is O=[N+]([O-])c1c(-c2ccccc2)ccc(Br)c1Br. The van der Waals surface area contributed by atoms with Crippen LogP contribution in [0.5, 0.6) is 0 Å². The molecule has 0 atom stereocenters. The molecule has 0 spiro atoms. The van der Waals surface area contributed by atoms with E-state index in [1.807, 2.05) is 30.3 Å².